The van der Waals surface area contributed by atoms with E-state index < -0.39 is 0 Å². The van der Waals surface area contributed by atoms with Gasteiger partial charge in [0.25, 0.3) is 0 Å². The largest absolute Gasteiger partial charge is 0.385 e. The normalized spacial score (nSPS) is 24.0. The molecule has 1 unspecified atom stereocenters. The fourth-order valence-corrected chi connectivity index (χ4v) is 5.42. The first-order valence-corrected chi connectivity index (χ1v) is 11.9. The van der Waals surface area contributed by atoms with Gasteiger partial charge in [0.15, 0.2) is 0 Å². The summed E-state index contributed by atoms with van der Waals surface area (Å²) in [6.07, 6.45) is 12.5. The van der Waals surface area contributed by atoms with Crippen molar-refractivity contribution in [1.29, 1.82) is 0 Å². The van der Waals surface area contributed by atoms with Gasteiger partial charge >= 0.3 is 0 Å². The van der Waals surface area contributed by atoms with E-state index in [2.05, 4.69) is 38.2 Å². The second-order valence-electron chi connectivity index (χ2n) is 9.51. The van der Waals surface area contributed by atoms with Crippen molar-refractivity contribution in [2.45, 2.75) is 50.1 Å². The summed E-state index contributed by atoms with van der Waals surface area (Å²) in [5, 5.41) is 3.40. The van der Waals surface area contributed by atoms with Gasteiger partial charge in [-0.25, -0.2) is 9.97 Å². The molecule has 4 heterocycles. The smallest absolute Gasteiger partial charge is 0.225 e. The first kappa shape index (κ1) is 21.2. The molecule has 9 heteroatoms. The highest BCUT2D eigenvalue weighted by atomic mass is 15.3. The highest BCUT2D eigenvalue weighted by Crippen LogP contribution is 2.44. The Balaban J connectivity index is 1.33. The maximum Gasteiger partial charge on any atom is 0.225 e. The number of aliphatic imine (C=N–C) groups is 1. The number of nitrogens with two attached hydrogens (primary N) is 2. The number of piperazine rings is 1. The van der Waals surface area contributed by atoms with Crippen LogP contribution in [0.3, 0.4) is 0 Å². The van der Waals surface area contributed by atoms with Gasteiger partial charge in [0.2, 0.25) is 5.95 Å². The Hall–Kier alpha value is -2.65. The summed E-state index contributed by atoms with van der Waals surface area (Å²) in [5.74, 6) is 1.26. The molecule has 1 aliphatic carbocycles. The number of anilines is 2. The molecule has 0 spiro atoms. The Morgan fingerprint density at radius 1 is 1.19 bits per heavy atom. The third-order valence-corrected chi connectivity index (χ3v) is 7.40. The zero-order valence-corrected chi connectivity index (χ0v) is 19.0. The lowest BCUT2D eigenvalue weighted by Gasteiger charge is -2.36. The van der Waals surface area contributed by atoms with Gasteiger partial charge in [-0.05, 0) is 19.9 Å². The lowest BCUT2D eigenvalue weighted by molar-refractivity contribution is 0.192. The average molecular weight is 438 g/mol. The van der Waals surface area contributed by atoms with Crippen LogP contribution in [0.4, 0.5) is 11.8 Å². The Morgan fingerprint density at radius 3 is 2.66 bits per heavy atom. The van der Waals surface area contributed by atoms with Crippen molar-refractivity contribution in [3.05, 3.63) is 23.5 Å². The van der Waals surface area contributed by atoms with Crippen LogP contribution in [0, 0.1) is 0 Å². The van der Waals surface area contributed by atoms with Crippen LogP contribution < -0.4 is 16.8 Å². The number of hydrogen-bond donors (Lipinski definition) is 4. The molecule has 1 saturated heterocycles. The van der Waals surface area contributed by atoms with Crippen molar-refractivity contribution >= 4 is 29.0 Å². The number of aromatic nitrogens is 3. The van der Waals surface area contributed by atoms with Crippen molar-refractivity contribution in [3.8, 4) is 0 Å². The van der Waals surface area contributed by atoms with Gasteiger partial charge in [-0.2, -0.15) is 0 Å². The number of dihydropyridines is 1. The van der Waals surface area contributed by atoms with Crippen LogP contribution in [0.15, 0.2) is 23.0 Å². The average Bonchev–Trinajstić information content (AvgIpc) is 3.16. The van der Waals surface area contributed by atoms with E-state index in [1.54, 1.807) is 0 Å². The van der Waals surface area contributed by atoms with E-state index >= 15 is 0 Å². The van der Waals surface area contributed by atoms with Crippen LogP contribution in [0.25, 0.3) is 11.0 Å². The SMILES string of the molecule is CN1CCN(C2=CCC(Nc3ncc4[nH]c(N)c(C5(CN)CCCCC5)c4n3)N=C2)CC1. The standard InChI is InChI=1S/C23H35N9/c1-31-9-11-32(12-10-31)16-5-6-18(26-13-16)29-22-27-14-17-20(30-22)19(21(25)28-17)23(15-24)7-3-2-4-8-23/h5,13-14,18,28H,2-4,6-12,15,24-25H2,1H3,(H,27,29,30). The summed E-state index contributed by atoms with van der Waals surface area (Å²) >= 11 is 0. The fourth-order valence-electron chi connectivity index (χ4n) is 5.42. The summed E-state index contributed by atoms with van der Waals surface area (Å²) in [6, 6.07) is 0. The first-order valence-electron chi connectivity index (χ1n) is 11.9. The number of nitrogens with one attached hydrogen (secondary N) is 2. The fraction of sp³-hybridized carbons (Fsp3) is 0.609. The van der Waals surface area contributed by atoms with E-state index in [-0.39, 0.29) is 11.6 Å². The molecule has 1 saturated carbocycles. The molecule has 2 aliphatic heterocycles. The number of likely N-dealkylation sites (N-methyl/N-ethyl adjacent to an activating group) is 1. The zero-order valence-electron chi connectivity index (χ0n) is 19.0. The van der Waals surface area contributed by atoms with Crippen LogP contribution >= 0.6 is 0 Å². The Morgan fingerprint density at radius 2 is 1.97 bits per heavy atom. The van der Waals surface area contributed by atoms with Crippen LogP contribution in [0.1, 0.15) is 44.1 Å². The minimum absolute atomic E-state index is 0.0680. The highest BCUT2D eigenvalue weighted by molar-refractivity contribution is 5.86. The van der Waals surface area contributed by atoms with E-state index in [0.717, 1.165) is 62.0 Å². The predicted octanol–water partition coefficient (Wildman–Crippen LogP) is 2.04. The van der Waals surface area contributed by atoms with Crippen LogP contribution in [-0.2, 0) is 5.41 Å². The lowest BCUT2D eigenvalue weighted by Crippen LogP contribution is -2.44. The number of fused-ring (bicyclic) bond motifs is 1. The number of rotatable bonds is 5. The number of H-pyrrole nitrogens is 1. The number of aromatic amines is 1. The Bertz CT molecular complexity index is 1010. The van der Waals surface area contributed by atoms with Gasteiger partial charge in [0, 0.05) is 56.3 Å². The van der Waals surface area contributed by atoms with Gasteiger partial charge in [0.05, 0.1) is 22.9 Å². The van der Waals surface area contributed by atoms with Gasteiger partial charge in [-0.15, -0.1) is 0 Å². The molecular formula is C23H35N9. The number of allylic oxidation sites excluding steroid dienone is 1. The molecule has 0 bridgehead atoms. The molecule has 9 nitrogen and oxygen atoms in total. The first-order chi connectivity index (χ1) is 15.6. The molecule has 2 fully saturated rings. The van der Waals surface area contributed by atoms with Crippen molar-refractivity contribution in [2.24, 2.45) is 10.7 Å². The van der Waals surface area contributed by atoms with Gasteiger partial charge < -0.3 is 31.6 Å². The molecule has 6 N–H and O–H groups in total. The van der Waals surface area contributed by atoms with E-state index in [9.17, 15) is 0 Å². The minimum Gasteiger partial charge on any atom is -0.385 e. The molecule has 5 rings (SSSR count). The number of nitrogen functional groups attached to an aromatic ring is 1. The Labute approximate surface area is 189 Å². The monoisotopic (exact) mass is 437 g/mol. The van der Waals surface area contributed by atoms with Crippen molar-refractivity contribution in [3.63, 3.8) is 0 Å². The van der Waals surface area contributed by atoms with Crippen LogP contribution in [0.2, 0.25) is 0 Å². The number of nitrogens with zero attached hydrogens (tertiary/aromatic N) is 5. The summed E-state index contributed by atoms with van der Waals surface area (Å²) in [6.45, 7) is 4.86. The summed E-state index contributed by atoms with van der Waals surface area (Å²) in [4.78, 5) is 22.2. The van der Waals surface area contributed by atoms with Crippen molar-refractivity contribution < 1.29 is 0 Å². The maximum atomic E-state index is 6.44. The minimum atomic E-state index is -0.102. The third-order valence-electron chi connectivity index (χ3n) is 7.40. The number of hydrogen-bond acceptors (Lipinski definition) is 8. The van der Waals surface area contributed by atoms with Crippen LogP contribution in [0.5, 0.6) is 0 Å². The summed E-state index contributed by atoms with van der Waals surface area (Å²) in [7, 11) is 2.17. The quantitative estimate of drug-likeness (QED) is 0.564. The van der Waals surface area contributed by atoms with Crippen LogP contribution in [-0.4, -0.2) is 76.9 Å². The van der Waals surface area contributed by atoms with Crippen molar-refractivity contribution in [2.75, 3.05) is 50.8 Å². The third kappa shape index (κ3) is 3.95. The van der Waals surface area contributed by atoms with E-state index in [4.69, 9.17) is 21.4 Å². The molecular weight excluding hydrogens is 402 g/mol. The second kappa shape index (κ2) is 8.71. The van der Waals surface area contributed by atoms with E-state index in [0.29, 0.717) is 18.3 Å². The maximum absolute atomic E-state index is 6.44. The molecule has 3 aliphatic rings. The van der Waals surface area contributed by atoms with E-state index in [1.165, 1.54) is 25.0 Å². The van der Waals surface area contributed by atoms with Crippen molar-refractivity contribution in [1.82, 2.24) is 24.8 Å². The molecule has 2 aromatic rings. The van der Waals surface area contributed by atoms with Gasteiger partial charge in [-0.1, -0.05) is 25.3 Å². The summed E-state index contributed by atoms with van der Waals surface area (Å²) < 4.78 is 0. The lowest BCUT2D eigenvalue weighted by atomic mass is 9.69. The molecule has 172 valence electrons. The van der Waals surface area contributed by atoms with Gasteiger partial charge in [0.1, 0.15) is 12.0 Å². The molecule has 0 radical (unpaired) electrons. The zero-order chi connectivity index (χ0) is 22.1. The van der Waals surface area contributed by atoms with E-state index in [1.807, 2.05) is 12.4 Å². The predicted molar refractivity (Wildman–Crippen MR) is 130 cm³/mol. The Kier molecular flexibility index (Phi) is 5.77. The summed E-state index contributed by atoms with van der Waals surface area (Å²) in [5.41, 5.74) is 16.7. The topological polar surface area (TPSA) is 124 Å². The molecule has 0 aromatic carbocycles. The van der Waals surface area contributed by atoms with Gasteiger partial charge in [-0.3, -0.25) is 4.99 Å². The molecule has 32 heavy (non-hydrogen) atoms. The molecule has 0 amide bonds. The highest BCUT2D eigenvalue weighted by Gasteiger charge is 2.37. The molecule has 1 atom stereocenters. The second-order valence-corrected chi connectivity index (χ2v) is 9.51. The molecule has 2 aromatic heterocycles.